The van der Waals surface area contributed by atoms with Crippen LogP contribution in [0.5, 0.6) is 0 Å². The van der Waals surface area contributed by atoms with Gasteiger partial charge in [0.25, 0.3) is 0 Å². The van der Waals surface area contributed by atoms with E-state index >= 15 is 0 Å². The summed E-state index contributed by atoms with van der Waals surface area (Å²) >= 11 is 6.03. The van der Waals surface area contributed by atoms with Gasteiger partial charge in [0.1, 0.15) is 5.82 Å². The third-order valence-corrected chi connectivity index (χ3v) is 3.70. The van der Waals surface area contributed by atoms with Gasteiger partial charge in [-0.15, -0.1) is 0 Å². The molecule has 22 heavy (non-hydrogen) atoms. The second-order valence-corrected chi connectivity index (χ2v) is 5.53. The van der Waals surface area contributed by atoms with Crippen molar-refractivity contribution in [2.75, 3.05) is 0 Å². The molecule has 3 aromatic rings. The molecule has 2 aromatic carbocycles. The Labute approximate surface area is 134 Å². The predicted molar refractivity (Wildman–Crippen MR) is 86.7 cm³/mol. The molecule has 0 aliphatic carbocycles. The van der Waals surface area contributed by atoms with E-state index in [-0.39, 0.29) is 0 Å². The minimum absolute atomic E-state index is 0.675. The number of benzene rings is 2. The zero-order valence-corrected chi connectivity index (χ0v) is 12.7. The molecule has 108 valence electrons. The zero-order chi connectivity index (χ0) is 15.4. The van der Waals surface area contributed by atoms with Crippen LogP contribution in [-0.2, 0) is 13.0 Å². The summed E-state index contributed by atoms with van der Waals surface area (Å²) < 4.78 is 2.09. The van der Waals surface area contributed by atoms with Gasteiger partial charge in [0.15, 0.2) is 0 Å². The third-order valence-electron chi connectivity index (χ3n) is 3.46. The Morgan fingerprint density at radius 3 is 2.73 bits per heavy atom. The van der Waals surface area contributed by atoms with Crippen molar-refractivity contribution in [3.8, 4) is 6.07 Å². The fourth-order valence-electron chi connectivity index (χ4n) is 2.42. The predicted octanol–water partition coefficient (Wildman–Crippen LogP) is 4.05. The highest BCUT2D eigenvalue weighted by molar-refractivity contribution is 6.30. The first kappa shape index (κ1) is 14.4. The highest BCUT2D eigenvalue weighted by Crippen LogP contribution is 2.15. The van der Waals surface area contributed by atoms with Crippen LogP contribution in [0.25, 0.3) is 0 Å². The smallest absolute Gasteiger partial charge is 0.113 e. The van der Waals surface area contributed by atoms with Crippen molar-refractivity contribution in [2.24, 2.45) is 0 Å². The van der Waals surface area contributed by atoms with E-state index in [2.05, 4.69) is 15.6 Å². The number of rotatable bonds is 4. The maximum atomic E-state index is 8.98. The second-order valence-electron chi connectivity index (χ2n) is 5.09. The Morgan fingerprint density at radius 2 is 1.91 bits per heavy atom. The lowest BCUT2D eigenvalue weighted by atomic mass is 10.1. The quantitative estimate of drug-likeness (QED) is 0.729. The largest absolute Gasteiger partial charge is 0.330 e. The second kappa shape index (κ2) is 6.46. The Kier molecular flexibility index (Phi) is 4.22. The number of aromatic nitrogens is 2. The Hall–Kier alpha value is -2.57. The summed E-state index contributed by atoms with van der Waals surface area (Å²) in [4.78, 5) is 4.43. The fourth-order valence-corrected chi connectivity index (χ4v) is 2.63. The molecule has 0 saturated carbocycles. The topological polar surface area (TPSA) is 41.6 Å². The Balaban J connectivity index is 1.81. The van der Waals surface area contributed by atoms with Gasteiger partial charge in [0, 0.05) is 30.4 Å². The van der Waals surface area contributed by atoms with Crippen molar-refractivity contribution in [1.82, 2.24) is 9.55 Å². The molecule has 0 atom stereocenters. The van der Waals surface area contributed by atoms with Crippen molar-refractivity contribution < 1.29 is 0 Å². The zero-order valence-electron chi connectivity index (χ0n) is 11.9. The molecule has 0 bridgehead atoms. The molecule has 1 aromatic heterocycles. The lowest BCUT2D eigenvalue weighted by Gasteiger charge is -2.09. The van der Waals surface area contributed by atoms with Crippen molar-refractivity contribution >= 4 is 11.6 Å². The van der Waals surface area contributed by atoms with Gasteiger partial charge in [0.05, 0.1) is 11.6 Å². The van der Waals surface area contributed by atoms with E-state index in [0.29, 0.717) is 12.1 Å². The van der Waals surface area contributed by atoms with Crippen molar-refractivity contribution in [1.29, 1.82) is 5.26 Å². The van der Waals surface area contributed by atoms with Gasteiger partial charge in [-0.25, -0.2) is 4.98 Å². The van der Waals surface area contributed by atoms with Crippen molar-refractivity contribution in [3.05, 3.63) is 88.5 Å². The molecule has 3 nitrogen and oxygen atoms in total. The van der Waals surface area contributed by atoms with Crippen molar-refractivity contribution in [2.45, 2.75) is 13.0 Å². The van der Waals surface area contributed by atoms with Gasteiger partial charge in [-0.2, -0.15) is 5.26 Å². The summed E-state index contributed by atoms with van der Waals surface area (Å²) in [5.41, 5.74) is 2.89. The molecule has 1 heterocycles. The highest BCUT2D eigenvalue weighted by Gasteiger charge is 2.06. The number of hydrogen-bond acceptors (Lipinski definition) is 2. The minimum Gasteiger partial charge on any atom is -0.330 e. The summed E-state index contributed by atoms with van der Waals surface area (Å²) in [6, 6.07) is 17.6. The molecule has 0 spiro atoms. The van der Waals surface area contributed by atoms with Crippen LogP contribution in [0.15, 0.2) is 60.9 Å². The average molecular weight is 308 g/mol. The highest BCUT2D eigenvalue weighted by atomic mass is 35.5. The third kappa shape index (κ3) is 3.36. The van der Waals surface area contributed by atoms with Crippen LogP contribution in [0.4, 0.5) is 0 Å². The van der Waals surface area contributed by atoms with E-state index in [0.717, 1.165) is 28.4 Å². The van der Waals surface area contributed by atoms with Gasteiger partial charge in [0.2, 0.25) is 0 Å². The minimum atomic E-state index is 0.675. The van der Waals surface area contributed by atoms with Gasteiger partial charge in [-0.05, 0) is 35.4 Å². The molecule has 0 unspecified atom stereocenters. The molecule has 0 aliphatic heterocycles. The van der Waals surface area contributed by atoms with E-state index in [1.807, 2.05) is 54.7 Å². The number of imidazole rings is 1. The van der Waals surface area contributed by atoms with Crippen molar-refractivity contribution in [3.63, 3.8) is 0 Å². The monoisotopic (exact) mass is 307 g/mol. The maximum absolute atomic E-state index is 8.98. The maximum Gasteiger partial charge on any atom is 0.113 e. The molecule has 4 heteroatoms. The molecule has 0 saturated heterocycles. The summed E-state index contributed by atoms with van der Waals surface area (Å²) in [5.74, 6) is 0.977. The van der Waals surface area contributed by atoms with E-state index in [1.165, 1.54) is 0 Å². The molecule has 0 fully saturated rings. The molecular formula is C18H14ClN3. The molecule has 0 radical (unpaired) electrons. The van der Waals surface area contributed by atoms with E-state index in [1.54, 1.807) is 6.20 Å². The molecule has 3 rings (SSSR count). The number of halogens is 1. The number of hydrogen-bond donors (Lipinski definition) is 0. The summed E-state index contributed by atoms with van der Waals surface area (Å²) in [6.45, 7) is 0.700. The van der Waals surface area contributed by atoms with Gasteiger partial charge < -0.3 is 4.57 Å². The SMILES string of the molecule is N#Cc1cccc(Cn2ccnc2Cc2cccc(Cl)c2)c1. The number of nitrogens with zero attached hydrogens (tertiary/aromatic N) is 3. The number of nitriles is 1. The van der Waals surface area contributed by atoms with Crippen LogP contribution in [-0.4, -0.2) is 9.55 Å². The first-order chi connectivity index (χ1) is 10.7. The van der Waals surface area contributed by atoms with Crippen LogP contribution in [0, 0.1) is 11.3 Å². The molecule has 0 amide bonds. The van der Waals surface area contributed by atoms with Gasteiger partial charge in [-0.1, -0.05) is 35.9 Å². The van der Waals surface area contributed by atoms with Gasteiger partial charge >= 0.3 is 0 Å². The van der Waals surface area contributed by atoms with E-state index < -0.39 is 0 Å². The summed E-state index contributed by atoms with van der Waals surface area (Å²) in [5, 5.41) is 9.72. The molecule has 0 aliphatic rings. The van der Waals surface area contributed by atoms with E-state index in [4.69, 9.17) is 16.9 Å². The van der Waals surface area contributed by atoms with Crippen LogP contribution in [0.1, 0.15) is 22.5 Å². The Morgan fingerprint density at radius 1 is 1.09 bits per heavy atom. The van der Waals surface area contributed by atoms with E-state index in [9.17, 15) is 0 Å². The van der Waals surface area contributed by atoms with Crippen LogP contribution in [0.2, 0.25) is 5.02 Å². The molecule has 0 N–H and O–H groups in total. The first-order valence-electron chi connectivity index (χ1n) is 6.98. The standard InChI is InChI=1S/C18H14ClN3/c19-17-6-2-3-14(10-17)11-18-21-7-8-22(18)13-16-5-1-4-15(9-16)12-20/h1-10H,11,13H2. The first-order valence-corrected chi connectivity index (χ1v) is 7.36. The average Bonchev–Trinajstić information content (AvgIpc) is 2.94. The Bertz CT molecular complexity index is 830. The lowest BCUT2D eigenvalue weighted by Crippen LogP contribution is -2.05. The molecular weight excluding hydrogens is 294 g/mol. The fraction of sp³-hybridized carbons (Fsp3) is 0.111. The lowest BCUT2D eigenvalue weighted by molar-refractivity contribution is 0.740. The summed E-state index contributed by atoms with van der Waals surface area (Å²) in [6.07, 6.45) is 4.48. The van der Waals surface area contributed by atoms with Crippen LogP contribution < -0.4 is 0 Å². The van der Waals surface area contributed by atoms with Crippen LogP contribution >= 0.6 is 11.6 Å². The normalized spacial score (nSPS) is 10.4. The summed E-state index contributed by atoms with van der Waals surface area (Å²) in [7, 11) is 0. The van der Waals surface area contributed by atoms with Crippen LogP contribution in [0.3, 0.4) is 0 Å². The van der Waals surface area contributed by atoms with Gasteiger partial charge in [-0.3, -0.25) is 0 Å².